The maximum atomic E-state index is 13.4. The summed E-state index contributed by atoms with van der Waals surface area (Å²) in [6.07, 6.45) is 1.92. The van der Waals surface area contributed by atoms with Crippen molar-refractivity contribution in [3.05, 3.63) is 41.2 Å². The molecule has 0 radical (unpaired) electrons. The number of carboxylic acids is 1. The summed E-state index contributed by atoms with van der Waals surface area (Å²) in [7, 11) is 1.26. The minimum absolute atomic E-state index is 0.0613. The normalized spacial score (nSPS) is 9.79. The number of carboxylic acid groups (broad SMARTS) is 1. The fourth-order valence-electron chi connectivity index (χ4n) is 1.20. The smallest absolute Gasteiger partial charge is 0.328 e. The number of methoxy groups -OCH3 is 1. The highest BCUT2D eigenvalue weighted by atomic mass is 19.1. The van der Waals surface area contributed by atoms with Crippen molar-refractivity contribution in [3.63, 3.8) is 0 Å². The Morgan fingerprint density at radius 3 is 2.84 bits per heavy atom. The zero-order valence-electron chi connectivity index (χ0n) is 10.1. The van der Waals surface area contributed by atoms with Gasteiger partial charge in [0, 0.05) is 17.2 Å². The third kappa shape index (κ3) is 5.04. The first-order valence-electron chi connectivity index (χ1n) is 5.29. The summed E-state index contributed by atoms with van der Waals surface area (Å²) in [6, 6.07) is 4.03. The molecule has 98 valence electrons. The van der Waals surface area contributed by atoms with E-state index in [0.717, 1.165) is 12.2 Å². The van der Waals surface area contributed by atoms with Crippen molar-refractivity contribution < 1.29 is 23.8 Å². The number of rotatable bonds is 3. The molecule has 0 spiro atoms. The molecule has 0 atom stereocenters. The quantitative estimate of drug-likeness (QED) is 0.513. The summed E-state index contributed by atoms with van der Waals surface area (Å²) in [5.74, 6) is 3.07. The first-order chi connectivity index (χ1) is 9.02. The highest BCUT2D eigenvalue weighted by Crippen LogP contribution is 2.11. The van der Waals surface area contributed by atoms with Gasteiger partial charge in [-0.1, -0.05) is 11.8 Å². The van der Waals surface area contributed by atoms with Crippen molar-refractivity contribution in [1.82, 2.24) is 0 Å². The number of esters is 1. The summed E-state index contributed by atoms with van der Waals surface area (Å²) in [4.78, 5) is 21.2. The molecular weight excluding hydrogens is 251 g/mol. The topological polar surface area (TPSA) is 63.6 Å². The maximum absolute atomic E-state index is 13.4. The number of benzene rings is 1. The van der Waals surface area contributed by atoms with E-state index < -0.39 is 17.8 Å². The van der Waals surface area contributed by atoms with Crippen LogP contribution in [0.25, 0.3) is 6.08 Å². The van der Waals surface area contributed by atoms with Crippen molar-refractivity contribution in [2.24, 2.45) is 0 Å². The van der Waals surface area contributed by atoms with Crippen molar-refractivity contribution in [2.75, 3.05) is 7.11 Å². The van der Waals surface area contributed by atoms with Gasteiger partial charge in [-0.3, -0.25) is 4.79 Å². The lowest BCUT2D eigenvalue weighted by Gasteiger charge is -1.97. The minimum Gasteiger partial charge on any atom is -0.478 e. The molecule has 1 aromatic rings. The molecule has 1 aromatic carbocycles. The predicted molar refractivity (Wildman–Crippen MR) is 66.6 cm³/mol. The van der Waals surface area contributed by atoms with E-state index in [1.165, 1.54) is 25.3 Å². The molecule has 0 saturated carbocycles. The Bertz CT molecular complexity index is 579. The fraction of sp³-hybridized carbons (Fsp3) is 0.143. The molecule has 0 aliphatic carbocycles. The van der Waals surface area contributed by atoms with Gasteiger partial charge in [0.15, 0.2) is 0 Å². The van der Waals surface area contributed by atoms with Crippen molar-refractivity contribution in [3.8, 4) is 11.8 Å². The molecule has 19 heavy (non-hydrogen) atoms. The first-order valence-corrected chi connectivity index (χ1v) is 5.29. The van der Waals surface area contributed by atoms with Gasteiger partial charge < -0.3 is 9.84 Å². The Morgan fingerprint density at radius 2 is 2.21 bits per heavy atom. The van der Waals surface area contributed by atoms with Crippen molar-refractivity contribution >= 4 is 18.0 Å². The molecule has 5 heteroatoms. The van der Waals surface area contributed by atoms with Crippen LogP contribution in [0.1, 0.15) is 17.5 Å². The number of halogens is 1. The second-order valence-electron chi connectivity index (χ2n) is 3.46. The van der Waals surface area contributed by atoms with Gasteiger partial charge in [-0.2, -0.15) is 0 Å². The van der Waals surface area contributed by atoms with Gasteiger partial charge in [-0.25, -0.2) is 9.18 Å². The van der Waals surface area contributed by atoms with E-state index >= 15 is 0 Å². The molecule has 0 heterocycles. The van der Waals surface area contributed by atoms with Crippen LogP contribution in [-0.2, 0) is 14.3 Å². The number of hydrogen-bond donors (Lipinski definition) is 1. The second-order valence-corrected chi connectivity index (χ2v) is 3.46. The SMILES string of the molecule is COC(=O)CC#Cc1ccc(F)c(/C=C/C(=O)O)c1. The number of carbonyl (C=O) groups is 2. The van der Waals surface area contributed by atoms with Crippen LogP contribution in [0.15, 0.2) is 24.3 Å². The van der Waals surface area contributed by atoms with Crippen LogP contribution in [0.3, 0.4) is 0 Å². The second kappa shape index (κ2) is 6.97. The maximum Gasteiger partial charge on any atom is 0.328 e. The summed E-state index contributed by atoms with van der Waals surface area (Å²) in [5, 5.41) is 8.48. The summed E-state index contributed by atoms with van der Waals surface area (Å²) in [6.45, 7) is 0. The van der Waals surface area contributed by atoms with Crippen LogP contribution in [0.5, 0.6) is 0 Å². The highest BCUT2D eigenvalue weighted by molar-refractivity contribution is 5.85. The van der Waals surface area contributed by atoms with Gasteiger partial charge in [-0.15, -0.1) is 0 Å². The van der Waals surface area contributed by atoms with Gasteiger partial charge in [-0.05, 0) is 24.3 Å². The molecule has 0 aliphatic rings. The molecule has 0 fully saturated rings. The lowest BCUT2D eigenvalue weighted by atomic mass is 10.1. The van der Waals surface area contributed by atoms with E-state index in [1.54, 1.807) is 0 Å². The number of aliphatic carboxylic acids is 1. The number of carbonyl (C=O) groups excluding carboxylic acids is 1. The molecule has 0 unspecified atom stereocenters. The summed E-state index contributed by atoms with van der Waals surface area (Å²) >= 11 is 0. The molecule has 0 saturated heterocycles. The molecule has 4 nitrogen and oxygen atoms in total. The Balaban J connectivity index is 2.90. The van der Waals surface area contributed by atoms with E-state index in [-0.39, 0.29) is 12.0 Å². The predicted octanol–water partition coefficient (Wildman–Crippen LogP) is 1.84. The monoisotopic (exact) mass is 262 g/mol. The molecule has 0 amide bonds. The highest BCUT2D eigenvalue weighted by Gasteiger charge is 2.00. The lowest BCUT2D eigenvalue weighted by molar-refractivity contribution is -0.139. The van der Waals surface area contributed by atoms with E-state index in [0.29, 0.717) is 5.56 Å². The van der Waals surface area contributed by atoms with E-state index in [4.69, 9.17) is 5.11 Å². The third-order valence-corrected chi connectivity index (χ3v) is 2.09. The van der Waals surface area contributed by atoms with Crippen LogP contribution in [0.4, 0.5) is 4.39 Å². The van der Waals surface area contributed by atoms with Gasteiger partial charge in [0.25, 0.3) is 0 Å². The molecule has 1 rings (SSSR count). The molecule has 0 bridgehead atoms. The largest absolute Gasteiger partial charge is 0.478 e. The van der Waals surface area contributed by atoms with Gasteiger partial charge in [0.1, 0.15) is 12.2 Å². The number of ether oxygens (including phenoxy) is 1. The summed E-state index contributed by atoms with van der Waals surface area (Å²) < 4.78 is 17.8. The van der Waals surface area contributed by atoms with Crippen molar-refractivity contribution in [2.45, 2.75) is 6.42 Å². The van der Waals surface area contributed by atoms with Crippen LogP contribution >= 0.6 is 0 Å². The van der Waals surface area contributed by atoms with Crippen molar-refractivity contribution in [1.29, 1.82) is 0 Å². The molecule has 0 aromatic heterocycles. The van der Waals surface area contributed by atoms with Crippen LogP contribution in [0.2, 0.25) is 0 Å². The van der Waals surface area contributed by atoms with Gasteiger partial charge in [0.2, 0.25) is 0 Å². The van der Waals surface area contributed by atoms with E-state index in [1.807, 2.05) is 0 Å². The Kier molecular flexibility index (Phi) is 5.30. The lowest BCUT2D eigenvalue weighted by Crippen LogP contribution is -1.97. The van der Waals surface area contributed by atoms with Crippen LogP contribution in [-0.4, -0.2) is 24.2 Å². The molecule has 0 aliphatic heterocycles. The minimum atomic E-state index is -1.17. The first kappa shape index (κ1) is 14.5. The Morgan fingerprint density at radius 1 is 1.47 bits per heavy atom. The zero-order chi connectivity index (χ0) is 14.3. The average Bonchev–Trinajstić information content (AvgIpc) is 2.38. The zero-order valence-corrected chi connectivity index (χ0v) is 10.1. The standard InChI is InChI=1S/C14H11FO4/c1-19-14(18)4-2-3-10-5-7-12(15)11(9-10)6-8-13(16)17/h5-9H,4H2,1H3,(H,16,17)/b8-6+. The Labute approximate surface area is 109 Å². The molecular formula is C14H11FO4. The third-order valence-electron chi connectivity index (χ3n) is 2.09. The van der Waals surface area contributed by atoms with Gasteiger partial charge in [0.05, 0.1) is 7.11 Å². The Hall–Kier alpha value is -2.61. The summed E-state index contributed by atoms with van der Waals surface area (Å²) in [5.41, 5.74) is 0.600. The van der Waals surface area contributed by atoms with Gasteiger partial charge >= 0.3 is 11.9 Å². The van der Waals surface area contributed by atoms with Crippen LogP contribution in [0, 0.1) is 17.7 Å². The number of hydrogen-bond acceptors (Lipinski definition) is 3. The fourth-order valence-corrected chi connectivity index (χ4v) is 1.20. The van der Waals surface area contributed by atoms with Crippen LogP contribution < -0.4 is 0 Å². The molecule has 1 N–H and O–H groups in total. The van der Waals surface area contributed by atoms with E-state index in [2.05, 4.69) is 16.6 Å². The van der Waals surface area contributed by atoms with E-state index in [9.17, 15) is 14.0 Å². The average molecular weight is 262 g/mol.